The first-order chi connectivity index (χ1) is 17.0. The van der Waals surface area contributed by atoms with Crippen molar-refractivity contribution in [2.75, 3.05) is 6.61 Å². The topological polar surface area (TPSA) is 203 Å². The van der Waals surface area contributed by atoms with Gasteiger partial charge in [-0.05, 0) is 47.5 Å². The number of aromatic hydroxyl groups is 4. The highest BCUT2D eigenvalue weighted by molar-refractivity contribution is 5.87. The molecule has 0 unspecified atom stereocenters. The molecule has 1 saturated heterocycles. The van der Waals surface area contributed by atoms with E-state index in [0.29, 0.717) is 11.1 Å². The summed E-state index contributed by atoms with van der Waals surface area (Å²) in [6, 6.07) is 7.68. The van der Waals surface area contributed by atoms with Crippen LogP contribution in [0, 0.1) is 0 Å². The molecule has 7 N–H and O–H groups in total. The third-order valence-corrected chi connectivity index (χ3v) is 5.13. The number of phenols is 4. The molecule has 0 amide bonds. The highest BCUT2D eigenvalue weighted by atomic mass is 16.7. The van der Waals surface area contributed by atoms with Crippen molar-refractivity contribution in [3.63, 3.8) is 0 Å². The van der Waals surface area contributed by atoms with Crippen LogP contribution in [0.5, 0.6) is 23.0 Å². The summed E-state index contributed by atoms with van der Waals surface area (Å²) in [5, 5.41) is 68.2. The molecule has 1 aliphatic rings. The van der Waals surface area contributed by atoms with Gasteiger partial charge in [0, 0.05) is 12.2 Å². The SMILES string of the molecule is O=C(/C=C/c1ccc(O)c(O)c1)OC[C@H]1O[C@@H](O)[C@H](OC(=O)/C=C/c2ccc(O)c(O)c2)[C@@H](O)[C@@H]1O. The quantitative estimate of drug-likeness (QED) is 0.153. The minimum atomic E-state index is -1.85. The van der Waals surface area contributed by atoms with Crippen LogP contribution in [-0.2, 0) is 23.8 Å². The van der Waals surface area contributed by atoms with Gasteiger partial charge in [-0.25, -0.2) is 9.59 Å². The van der Waals surface area contributed by atoms with Gasteiger partial charge in [0.15, 0.2) is 35.4 Å². The van der Waals surface area contributed by atoms with Gasteiger partial charge in [0.25, 0.3) is 0 Å². The van der Waals surface area contributed by atoms with Gasteiger partial charge in [0.05, 0.1) is 0 Å². The van der Waals surface area contributed by atoms with E-state index >= 15 is 0 Å². The van der Waals surface area contributed by atoms with Crippen LogP contribution in [-0.4, -0.2) is 85.0 Å². The highest BCUT2D eigenvalue weighted by Gasteiger charge is 2.46. The Morgan fingerprint density at radius 2 is 1.31 bits per heavy atom. The minimum absolute atomic E-state index is 0.326. The van der Waals surface area contributed by atoms with Gasteiger partial charge in [0.1, 0.15) is 24.9 Å². The highest BCUT2D eigenvalue weighted by Crippen LogP contribution is 2.27. The lowest BCUT2D eigenvalue weighted by atomic mass is 9.99. The zero-order valence-corrected chi connectivity index (χ0v) is 18.5. The molecule has 2 aromatic rings. The second-order valence-electron chi connectivity index (χ2n) is 7.74. The van der Waals surface area contributed by atoms with Gasteiger partial charge in [-0.15, -0.1) is 0 Å². The minimum Gasteiger partial charge on any atom is -0.504 e. The van der Waals surface area contributed by atoms with E-state index in [4.69, 9.17) is 14.2 Å². The van der Waals surface area contributed by atoms with Crippen LogP contribution in [0.15, 0.2) is 48.6 Å². The lowest BCUT2D eigenvalue weighted by Crippen LogP contribution is -2.59. The van der Waals surface area contributed by atoms with Gasteiger partial charge in [-0.2, -0.15) is 0 Å². The standard InChI is InChI=1S/C24H24O12/c25-14-5-1-12(9-16(14)27)3-7-19(29)34-11-18-21(31)22(32)23(24(33)35-18)36-20(30)8-4-13-2-6-15(26)17(28)10-13/h1-10,18,21-28,31-33H,11H2/b7-3+,8-4+/t18-,21-,22+,23-,24-/m1/s1. The van der Waals surface area contributed by atoms with Crippen molar-refractivity contribution in [3.8, 4) is 23.0 Å². The summed E-state index contributed by atoms with van der Waals surface area (Å²) in [5.74, 6) is -3.31. The smallest absolute Gasteiger partial charge is 0.331 e. The molecule has 192 valence electrons. The van der Waals surface area contributed by atoms with Gasteiger partial charge < -0.3 is 50.0 Å². The second kappa shape index (κ2) is 11.6. The van der Waals surface area contributed by atoms with E-state index < -0.39 is 55.0 Å². The molecule has 3 rings (SSSR count). The van der Waals surface area contributed by atoms with Crippen LogP contribution < -0.4 is 0 Å². The molecule has 12 heteroatoms. The Morgan fingerprint density at radius 1 is 0.778 bits per heavy atom. The Kier molecular flexibility index (Phi) is 8.51. The summed E-state index contributed by atoms with van der Waals surface area (Å²) in [4.78, 5) is 24.0. The Morgan fingerprint density at radius 3 is 1.83 bits per heavy atom. The van der Waals surface area contributed by atoms with Crippen molar-refractivity contribution in [2.24, 2.45) is 0 Å². The van der Waals surface area contributed by atoms with E-state index in [2.05, 4.69) is 0 Å². The maximum atomic E-state index is 12.1. The monoisotopic (exact) mass is 504 g/mol. The molecule has 0 aliphatic carbocycles. The largest absolute Gasteiger partial charge is 0.504 e. The maximum absolute atomic E-state index is 12.1. The number of hydrogen-bond donors (Lipinski definition) is 7. The fourth-order valence-electron chi connectivity index (χ4n) is 3.19. The van der Waals surface area contributed by atoms with Gasteiger partial charge in [0.2, 0.25) is 0 Å². The van der Waals surface area contributed by atoms with Gasteiger partial charge >= 0.3 is 11.9 Å². The number of phenolic OH excluding ortho intramolecular Hbond substituents is 4. The van der Waals surface area contributed by atoms with Crippen LogP contribution in [0.1, 0.15) is 11.1 Å². The Hall–Kier alpha value is -4.10. The first kappa shape index (κ1) is 26.5. The lowest BCUT2D eigenvalue weighted by molar-refractivity contribution is -0.290. The first-order valence-corrected chi connectivity index (χ1v) is 10.5. The molecule has 1 aliphatic heterocycles. The number of aliphatic hydroxyl groups excluding tert-OH is 3. The van der Waals surface area contributed by atoms with Crippen molar-refractivity contribution < 1.29 is 59.5 Å². The normalized spacial score (nSPS) is 24.1. The molecular formula is C24H24O12. The van der Waals surface area contributed by atoms with Crippen LogP contribution in [0.4, 0.5) is 0 Å². The average molecular weight is 504 g/mol. The van der Waals surface area contributed by atoms with E-state index in [-0.39, 0.29) is 17.2 Å². The molecule has 0 bridgehead atoms. The zero-order valence-electron chi connectivity index (χ0n) is 18.5. The first-order valence-electron chi connectivity index (χ1n) is 10.5. The summed E-state index contributed by atoms with van der Waals surface area (Å²) in [6.07, 6.45) is -3.81. The third-order valence-electron chi connectivity index (χ3n) is 5.13. The molecule has 2 aromatic carbocycles. The van der Waals surface area contributed by atoms with E-state index in [1.165, 1.54) is 48.6 Å². The van der Waals surface area contributed by atoms with Gasteiger partial charge in [-0.1, -0.05) is 12.1 Å². The summed E-state index contributed by atoms with van der Waals surface area (Å²) in [6.45, 7) is -0.551. The zero-order chi connectivity index (χ0) is 26.4. The second-order valence-corrected chi connectivity index (χ2v) is 7.74. The van der Waals surface area contributed by atoms with Crippen LogP contribution in [0.25, 0.3) is 12.2 Å². The Bertz CT molecular complexity index is 1160. The van der Waals surface area contributed by atoms with Crippen LogP contribution in [0.2, 0.25) is 0 Å². The molecule has 0 aromatic heterocycles. The van der Waals surface area contributed by atoms with Gasteiger partial charge in [-0.3, -0.25) is 0 Å². The number of esters is 2. The lowest BCUT2D eigenvalue weighted by Gasteiger charge is -2.39. The predicted molar refractivity (Wildman–Crippen MR) is 121 cm³/mol. The number of ether oxygens (including phenoxy) is 3. The van der Waals surface area contributed by atoms with E-state index in [0.717, 1.165) is 12.2 Å². The molecule has 5 atom stereocenters. The number of benzene rings is 2. The molecular weight excluding hydrogens is 480 g/mol. The summed E-state index contributed by atoms with van der Waals surface area (Å²) < 4.78 is 15.0. The number of carbonyl (C=O) groups is 2. The number of aliphatic hydroxyl groups is 3. The van der Waals surface area contributed by atoms with E-state index in [9.17, 15) is 45.3 Å². The van der Waals surface area contributed by atoms with Crippen LogP contribution >= 0.6 is 0 Å². The molecule has 1 heterocycles. The predicted octanol–water partition coefficient (Wildman–Crippen LogP) is 0.130. The molecule has 1 fully saturated rings. The number of rotatable bonds is 7. The molecule has 0 saturated carbocycles. The van der Waals surface area contributed by atoms with Crippen LogP contribution in [0.3, 0.4) is 0 Å². The summed E-state index contributed by atoms with van der Waals surface area (Å²) in [5.41, 5.74) is 0.740. The van der Waals surface area contributed by atoms with Crippen molar-refractivity contribution in [2.45, 2.75) is 30.7 Å². The Labute approximate surface area is 204 Å². The number of carbonyl (C=O) groups excluding carboxylic acids is 2. The van der Waals surface area contributed by atoms with Crippen molar-refractivity contribution >= 4 is 24.1 Å². The summed E-state index contributed by atoms with van der Waals surface area (Å²) >= 11 is 0. The van der Waals surface area contributed by atoms with Crippen molar-refractivity contribution in [3.05, 3.63) is 59.7 Å². The Balaban J connectivity index is 1.52. The fourth-order valence-corrected chi connectivity index (χ4v) is 3.19. The molecule has 0 spiro atoms. The van der Waals surface area contributed by atoms with E-state index in [1.54, 1.807) is 0 Å². The number of hydrogen-bond acceptors (Lipinski definition) is 12. The van der Waals surface area contributed by atoms with Crippen molar-refractivity contribution in [1.29, 1.82) is 0 Å². The van der Waals surface area contributed by atoms with E-state index in [1.807, 2.05) is 0 Å². The average Bonchev–Trinajstić information content (AvgIpc) is 2.84. The molecule has 0 radical (unpaired) electrons. The summed E-state index contributed by atoms with van der Waals surface area (Å²) in [7, 11) is 0. The molecule has 36 heavy (non-hydrogen) atoms. The fraction of sp³-hybridized carbons (Fsp3) is 0.250. The maximum Gasteiger partial charge on any atom is 0.331 e. The van der Waals surface area contributed by atoms with Crippen molar-refractivity contribution in [1.82, 2.24) is 0 Å². The third kappa shape index (κ3) is 6.73. The molecule has 12 nitrogen and oxygen atoms in total.